The van der Waals surface area contributed by atoms with E-state index in [9.17, 15) is 9.59 Å². The maximum Gasteiger partial charge on any atom is 0.254 e. The lowest BCUT2D eigenvalue weighted by Crippen LogP contribution is -2.37. The van der Waals surface area contributed by atoms with Crippen molar-refractivity contribution < 1.29 is 28.5 Å². The van der Waals surface area contributed by atoms with Crippen molar-refractivity contribution >= 4 is 17.4 Å². The van der Waals surface area contributed by atoms with Crippen LogP contribution in [0.2, 0.25) is 0 Å². The molecule has 0 spiro atoms. The van der Waals surface area contributed by atoms with Crippen molar-refractivity contribution in [1.82, 2.24) is 5.32 Å². The minimum atomic E-state index is -0.657. The minimum absolute atomic E-state index is 0.0356. The number of amides is 1. The maximum absolute atomic E-state index is 14.1. The van der Waals surface area contributed by atoms with Crippen LogP contribution in [0.25, 0.3) is 0 Å². The summed E-state index contributed by atoms with van der Waals surface area (Å²) in [6, 6.07) is 18.9. The molecule has 0 radical (unpaired) electrons. The maximum atomic E-state index is 14.1. The molecule has 3 aromatic rings. The Kier molecular flexibility index (Phi) is 8.24. The van der Waals surface area contributed by atoms with E-state index in [4.69, 9.17) is 18.9 Å². The highest BCUT2D eigenvalue weighted by Gasteiger charge is 2.42. The number of allylic oxidation sites excluding steroid dienone is 3. The molecule has 2 unspecified atom stereocenters. The van der Waals surface area contributed by atoms with Gasteiger partial charge in [-0.15, -0.1) is 0 Å². The number of nitrogens with one attached hydrogen (secondary N) is 2. The average Bonchev–Trinajstić information content (AvgIpc) is 3.00. The third kappa shape index (κ3) is 5.32. The lowest BCUT2D eigenvalue weighted by molar-refractivity contribution is -0.116. The Morgan fingerprint density at radius 2 is 1.55 bits per heavy atom. The standard InChI is InChI=1S/C34H36N2O6/c1-19-10-13-23(14-11-19)36-34(38)30-20(2)35-25-16-22(21-12-15-27(39-3)29(18-21)41-5)17-26(37)32(25)31(30)24-8-7-9-28(40-4)33(24)42-6/h7-15,18,22,31,35H,16-17H2,1-6H3,(H,36,38). The first-order chi connectivity index (χ1) is 20.3. The van der Waals surface area contributed by atoms with Gasteiger partial charge in [-0.2, -0.15) is 0 Å². The smallest absolute Gasteiger partial charge is 0.254 e. The van der Waals surface area contributed by atoms with E-state index in [0.29, 0.717) is 57.5 Å². The zero-order valence-corrected chi connectivity index (χ0v) is 24.8. The SMILES string of the molecule is COc1ccc(C2CC(=O)C3=C(C2)NC(C)=C(C(=O)Nc2ccc(C)cc2)C3c2cccc(OC)c2OC)cc1OC. The van der Waals surface area contributed by atoms with Gasteiger partial charge in [-0.3, -0.25) is 9.59 Å². The quantitative estimate of drug-likeness (QED) is 0.343. The molecule has 0 saturated heterocycles. The number of methoxy groups -OCH3 is 4. The zero-order chi connectivity index (χ0) is 30.0. The van der Waals surface area contributed by atoms with E-state index in [1.807, 2.05) is 68.4 Å². The molecule has 218 valence electrons. The molecule has 1 aliphatic heterocycles. The average molecular weight is 569 g/mol. The zero-order valence-electron chi connectivity index (χ0n) is 24.8. The molecule has 0 saturated carbocycles. The van der Waals surface area contributed by atoms with Crippen LogP contribution in [-0.4, -0.2) is 40.1 Å². The number of ketones is 1. The monoisotopic (exact) mass is 568 g/mol. The van der Waals surface area contributed by atoms with E-state index in [-0.39, 0.29) is 24.0 Å². The van der Waals surface area contributed by atoms with Crippen molar-refractivity contribution in [3.05, 3.63) is 99.9 Å². The van der Waals surface area contributed by atoms with E-state index < -0.39 is 5.92 Å². The predicted molar refractivity (Wildman–Crippen MR) is 161 cm³/mol. The van der Waals surface area contributed by atoms with E-state index in [1.54, 1.807) is 34.5 Å². The van der Waals surface area contributed by atoms with Crippen LogP contribution >= 0.6 is 0 Å². The summed E-state index contributed by atoms with van der Waals surface area (Å²) in [6.45, 7) is 3.87. The van der Waals surface area contributed by atoms with Crippen molar-refractivity contribution in [2.75, 3.05) is 33.8 Å². The van der Waals surface area contributed by atoms with Gasteiger partial charge in [0, 0.05) is 40.2 Å². The van der Waals surface area contributed by atoms with Gasteiger partial charge in [-0.05, 0) is 62.1 Å². The van der Waals surface area contributed by atoms with Gasteiger partial charge in [0.1, 0.15) is 0 Å². The molecule has 1 amide bonds. The van der Waals surface area contributed by atoms with Crippen LogP contribution in [0.1, 0.15) is 48.3 Å². The van der Waals surface area contributed by atoms with Gasteiger partial charge < -0.3 is 29.6 Å². The lowest BCUT2D eigenvalue weighted by atomic mass is 9.71. The molecule has 2 atom stereocenters. The molecule has 1 aliphatic carbocycles. The van der Waals surface area contributed by atoms with Crippen LogP contribution in [0.4, 0.5) is 5.69 Å². The molecule has 8 heteroatoms. The van der Waals surface area contributed by atoms with Crippen LogP contribution in [0.15, 0.2) is 83.2 Å². The highest BCUT2D eigenvalue weighted by atomic mass is 16.5. The Morgan fingerprint density at radius 1 is 0.833 bits per heavy atom. The van der Waals surface area contributed by atoms with Crippen LogP contribution in [0, 0.1) is 6.92 Å². The fourth-order valence-corrected chi connectivity index (χ4v) is 5.97. The second-order valence-corrected chi connectivity index (χ2v) is 10.5. The number of hydrogen-bond donors (Lipinski definition) is 2. The molecular formula is C34H36N2O6. The van der Waals surface area contributed by atoms with Crippen molar-refractivity contribution in [2.24, 2.45) is 0 Å². The Bertz CT molecular complexity index is 1590. The summed E-state index contributed by atoms with van der Waals surface area (Å²) in [5.41, 5.74) is 5.93. The van der Waals surface area contributed by atoms with Crippen LogP contribution in [0.3, 0.4) is 0 Å². The van der Waals surface area contributed by atoms with E-state index in [1.165, 1.54) is 0 Å². The number of para-hydroxylation sites is 1. The van der Waals surface area contributed by atoms with E-state index in [2.05, 4.69) is 10.6 Å². The first-order valence-electron chi connectivity index (χ1n) is 13.8. The molecule has 2 aliphatic rings. The van der Waals surface area contributed by atoms with Crippen molar-refractivity contribution in [1.29, 1.82) is 0 Å². The van der Waals surface area contributed by atoms with Gasteiger partial charge in [0.15, 0.2) is 28.8 Å². The summed E-state index contributed by atoms with van der Waals surface area (Å²) in [5.74, 6) is 1.20. The Hall–Kier alpha value is -4.72. The van der Waals surface area contributed by atoms with Gasteiger partial charge >= 0.3 is 0 Å². The molecule has 0 bridgehead atoms. The third-order valence-corrected chi connectivity index (χ3v) is 8.01. The number of aryl methyl sites for hydroxylation is 1. The first-order valence-corrected chi connectivity index (χ1v) is 13.8. The Balaban J connectivity index is 1.60. The second-order valence-electron chi connectivity index (χ2n) is 10.5. The van der Waals surface area contributed by atoms with Crippen molar-refractivity contribution in [2.45, 2.75) is 38.5 Å². The molecular weight excluding hydrogens is 532 g/mol. The number of benzene rings is 3. The van der Waals surface area contributed by atoms with Crippen molar-refractivity contribution in [3.8, 4) is 23.0 Å². The number of carbonyl (C=O) groups is 2. The van der Waals surface area contributed by atoms with E-state index >= 15 is 0 Å². The van der Waals surface area contributed by atoms with Crippen LogP contribution < -0.4 is 29.6 Å². The second kappa shape index (κ2) is 12.0. The van der Waals surface area contributed by atoms with Gasteiger partial charge in [0.05, 0.1) is 34.4 Å². The topological polar surface area (TPSA) is 95.1 Å². The summed E-state index contributed by atoms with van der Waals surface area (Å²) >= 11 is 0. The molecule has 3 aromatic carbocycles. The number of hydrogen-bond acceptors (Lipinski definition) is 7. The molecule has 0 aromatic heterocycles. The van der Waals surface area contributed by atoms with Gasteiger partial charge in [-0.25, -0.2) is 0 Å². The molecule has 8 nitrogen and oxygen atoms in total. The number of ether oxygens (including phenoxy) is 4. The fourth-order valence-electron chi connectivity index (χ4n) is 5.97. The number of dihydropyridines is 1. The van der Waals surface area contributed by atoms with Gasteiger partial charge in [0.25, 0.3) is 5.91 Å². The molecule has 0 fully saturated rings. The first kappa shape index (κ1) is 28.8. The van der Waals surface area contributed by atoms with Crippen LogP contribution in [0.5, 0.6) is 23.0 Å². The van der Waals surface area contributed by atoms with Crippen molar-refractivity contribution in [3.63, 3.8) is 0 Å². The summed E-state index contributed by atoms with van der Waals surface area (Å²) in [4.78, 5) is 28.1. The number of Topliss-reactive ketones (excluding diaryl/α,β-unsaturated/α-hetero) is 1. The highest BCUT2D eigenvalue weighted by Crippen LogP contribution is 2.49. The van der Waals surface area contributed by atoms with Crippen LogP contribution in [-0.2, 0) is 9.59 Å². The van der Waals surface area contributed by atoms with Gasteiger partial charge in [-0.1, -0.05) is 35.9 Å². The summed E-state index contributed by atoms with van der Waals surface area (Å²) in [5, 5.41) is 6.48. The summed E-state index contributed by atoms with van der Waals surface area (Å²) in [6.07, 6.45) is 0.869. The highest BCUT2D eigenvalue weighted by molar-refractivity contribution is 6.10. The summed E-state index contributed by atoms with van der Waals surface area (Å²) < 4.78 is 22.3. The lowest BCUT2D eigenvalue weighted by Gasteiger charge is -2.37. The van der Waals surface area contributed by atoms with Gasteiger partial charge in [0.2, 0.25) is 0 Å². The summed E-state index contributed by atoms with van der Waals surface area (Å²) in [7, 11) is 6.33. The number of rotatable bonds is 8. The Morgan fingerprint density at radius 3 is 2.21 bits per heavy atom. The molecule has 2 N–H and O–H groups in total. The third-order valence-electron chi connectivity index (χ3n) is 8.01. The minimum Gasteiger partial charge on any atom is -0.493 e. The number of carbonyl (C=O) groups excluding carboxylic acids is 2. The normalized spacial score (nSPS) is 18.2. The molecule has 1 heterocycles. The van der Waals surface area contributed by atoms with E-state index in [0.717, 1.165) is 16.8 Å². The number of anilines is 1. The Labute approximate surface area is 246 Å². The predicted octanol–water partition coefficient (Wildman–Crippen LogP) is 6.03. The fraction of sp³-hybridized carbons (Fsp3) is 0.294. The molecule has 5 rings (SSSR count). The largest absolute Gasteiger partial charge is 0.493 e. The molecule has 42 heavy (non-hydrogen) atoms.